The molecule has 0 radical (unpaired) electrons. The number of nitrogens with zero attached hydrogens (tertiary/aromatic N) is 1. The fraction of sp³-hybridized carbons (Fsp3) is 0.857. The van der Waals surface area contributed by atoms with E-state index in [2.05, 4.69) is 0 Å². The van der Waals surface area contributed by atoms with Crippen molar-refractivity contribution >= 4 is 5.91 Å². The number of hydrogen-bond acceptors (Lipinski definition) is 2. The van der Waals surface area contributed by atoms with Crippen LogP contribution >= 0.6 is 0 Å². The van der Waals surface area contributed by atoms with E-state index in [9.17, 15) is 4.79 Å². The first-order valence-electron chi connectivity index (χ1n) is 3.46. The van der Waals surface area contributed by atoms with Gasteiger partial charge in [0.25, 0.3) is 0 Å². The molecule has 3 nitrogen and oxygen atoms in total. The molecule has 0 saturated heterocycles. The summed E-state index contributed by atoms with van der Waals surface area (Å²) >= 11 is 0. The van der Waals surface area contributed by atoms with Gasteiger partial charge in [-0.1, -0.05) is 0 Å². The topological polar surface area (TPSA) is 40.5 Å². The van der Waals surface area contributed by atoms with Crippen LogP contribution in [0, 0.1) is 0 Å². The van der Waals surface area contributed by atoms with Crippen molar-refractivity contribution in [3.8, 4) is 0 Å². The molecule has 0 aliphatic heterocycles. The maximum Gasteiger partial charge on any atom is 0.224 e. The molecular formula is C7H15NO2. The Balaban J connectivity index is 3.71. The van der Waals surface area contributed by atoms with Crippen LogP contribution in [-0.4, -0.2) is 35.6 Å². The van der Waals surface area contributed by atoms with E-state index < -0.39 is 0 Å². The molecule has 0 saturated carbocycles. The molecule has 1 N–H and O–H groups in total. The lowest BCUT2D eigenvalue weighted by Gasteiger charge is -2.20. The van der Waals surface area contributed by atoms with Crippen molar-refractivity contribution in [1.82, 2.24) is 4.90 Å². The van der Waals surface area contributed by atoms with Crippen LogP contribution in [0.5, 0.6) is 0 Å². The zero-order chi connectivity index (χ0) is 8.15. The molecule has 1 amide bonds. The molecule has 0 rings (SSSR count). The normalized spacial score (nSPS) is 10.1. The number of aliphatic hydroxyl groups is 1. The molecule has 0 heterocycles. The lowest BCUT2D eigenvalue weighted by Crippen LogP contribution is -2.33. The van der Waals surface area contributed by atoms with E-state index in [1.54, 1.807) is 11.9 Å². The Labute approximate surface area is 61.6 Å². The Bertz CT molecular complexity index is 112. The van der Waals surface area contributed by atoms with Gasteiger partial charge in [0.1, 0.15) is 0 Å². The van der Waals surface area contributed by atoms with Crippen LogP contribution in [0.4, 0.5) is 0 Å². The first-order valence-corrected chi connectivity index (χ1v) is 3.46. The number of aliphatic hydroxyl groups excluding tert-OH is 1. The van der Waals surface area contributed by atoms with Gasteiger partial charge in [0.2, 0.25) is 5.91 Å². The maximum atomic E-state index is 11.0. The van der Waals surface area contributed by atoms with Crippen LogP contribution in [0.25, 0.3) is 0 Å². The van der Waals surface area contributed by atoms with E-state index in [0.717, 1.165) is 0 Å². The van der Waals surface area contributed by atoms with Gasteiger partial charge in [-0.3, -0.25) is 4.79 Å². The van der Waals surface area contributed by atoms with Gasteiger partial charge in [0.15, 0.2) is 0 Å². The van der Waals surface area contributed by atoms with Gasteiger partial charge in [-0.25, -0.2) is 0 Å². The third kappa shape index (κ3) is 2.82. The molecule has 0 atom stereocenters. The standard InChI is InChI=1S/C7H15NO2/c1-6(2)8(3)7(10)4-5-9/h6,9H,4-5H2,1-3H3. The number of rotatable bonds is 3. The molecule has 0 aromatic heterocycles. The summed E-state index contributed by atoms with van der Waals surface area (Å²) in [5, 5.41) is 8.42. The molecule has 0 aromatic rings. The molecule has 0 aromatic carbocycles. The highest BCUT2D eigenvalue weighted by molar-refractivity contribution is 5.76. The Morgan fingerprint density at radius 3 is 2.40 bits per heavy atom. The van der Waals surface area contributed by atoms with Crippen LogP contribution < -0.4 is 0 Å². The number of hydrogen-bond donors (Lipinski definition) is 1. The van der Waals surface area contributed by atoms with E-state index >= 15 is 0 Å². The van der Waals surface area contributed by atoms with E-state index in [4.69, 9.17) is 5.11 Å². The van der Waals surface area contributed by atoms with Crippen LogP contribution in [0.15, 0.2) is 0 Å². The summed E-state index contributed by atoms with van der Waals surface area (Å²) in [4.78, 5) is 12.6. The zero-order valence-electron chi connectivity index (χ0n) is 6.79. The van der Waals surface area contributed by atoms with Gasteiger partial charge in [-0.15, -0.1) is 0 Å². The second-order valence-electron chi connectivity index (χ2n) is 2.57. The van der Waals surface area contributed by atoms with Gasteiger partial charge in [0.05, 0.1) is 6.61 Å². The summed E-state index contributed by atoms with van der Waals surface area (Å²) in [6.45, 7) is 3.82. The summed E-state index contributed by atoms with van der Waals surface area (Å²) in [5.41, 5.74) is 0. The lowest BCUT2D eigenvalue weighted by molar-refractivity contribution is -0.132. The summed E-state index contributed by atoms with van der Waals surface area (Å²) in [5.74, 6) is -0.00231. The SMILES string of the molecule is CC(C)N(C)C(=O)CCO. The Hall–Kier alpha value is -0.570. The van der Waals surface area contributed by atoms with Gasteiger partial charge in [-0.2, -0.15) is 0 Å². The highest BCUT2D eigenvalue weighted by Crippen LogP contribution is 1.96. The molecule has 0 aliphatic rings. The lowest BCUT2D eigenvalue weighted by atomic mass is 10.3. The van der Waals surface area contributed by atoms with Crippen molar-refractivity contribution in [3.63, 3.8) is 0 Å². The molecule has 60 valence electrons. The fourth-order valence-electron chi connectivity index (χ4n) is 0.560. The van der Waals surface area contributed by atoms with Gasteiger partial charge >= 0.3 is 0 Å². The Morgan fingerprint density at radius 1 is 1.60 bits per heavy atom. The smallest absolute Gasteiger partial charge is 0.224 e. The zero-order valence-corrected chi connectivity index (χ0v) is 6.79. The van der Waals surface area contributed by atoms with Gasteiger partial charge < -0.3 is 10.0 Å². The predicted molar refractivity (Wildman–Crippen MR) is 39.6 cm³/mol. The summed E-state index contributed by atoms with van der Waals surface area (Å²) in [6.07, 6.45) is 0.231. The van der Waals surface area contributed by atoms with Crippen molar-refractivity contribution in [2.45, 2.75) is 26.3 Å². The van der Waals surface area contributed by atoms with Crippen LogP contribution in [0.2, 0.25) is 0 Å². The van der Waals surface area contributed by atoms with Crippen LogP contribution in [-0.2, 0) is 4.79 Å². The largest absolute Gasteiger partial charge is 0.396 e. The minimum Gasteiger partial charge on any atom is -0.396 e. The minimum absolute atomic E-state index is 0.00231. The molecule has 0 unspecified atom stereocenters. The second kappa shape index (κ2) is 4.28. The van der Waals surface area contributed by atoms with Crippen LogP contribution in [0.3, 0.4) is 0 Å². The second-order valence-corrected chi connectivity index (χ2v) is 2.57. The third-order valence-corrected chi connectivity index (χ3v) is 1.49. The fourth-order valence-corrected chi connectivity index (χ4v) is 0.560. The molecule has 0 spiro atoms. The van der Waals surface area contributed by atoms with E-state index in [1.807, 2.05) is 13.8 Å². The Kier molecular flexibility index (Phi) is 4.03. The van der Waals surface area contributed by atoms with Crippen molar-refractivity contribution in [2.75, 3.05) is 13.7 Å². The molecule has 0 bridgehead atoms. The number of carbonyl (C=O) groups is 1. The number of carbonyl (C=O) groups excluding carboxylic acids is 1. The average molecular weight is 145 g/mol. The quantitative estimate of drug-likeness (QED) is 0.617. The average Bonchev–Trinajstić information content (AvgIpc) is 1.87. The first kappa shape index (κ1) is 9.43. The van der Waals surface area contributed by atoms with Gasteiger partial charge in [-0.05, 0) is 13.8 Å². The summed E-state index contributed by atoms with van der Waals surface area (Å²) in [6, 6.07) is 0.221. The van der Waals surface area contributed by atoms with E-state index in [0.29, 0.717) is 0 Å². The summed E-state index contributed by atoms with van der Waals surface area (Å²) < 4.78 is 0. The minimum atomic E-state index is -0.0596. The monoisotopic (exact) mass is 145 g/mol. The third-order valence-electron chi connectivity index (χ3n) is 1.49. The Morgan fingerprint density at radius 2 is 2.10 bits per heavy atom. The predicted octanol–water partition coefficient (Wildman–Crippen LogP) is 0.236. The van der Waals surface area contributed by atoms with Crippen LogP contribution in [0.1, 0.15) is 20.3 Å². The number of amides is 1. The van der Waals surface area contributed by atoms with Gasteiger partial charge in [0, 0.05) is 19.5 Å². The van der Waals surface area contributed by atoms with Crippen molar-refractivity contribution in [3.05, 3.63) is 0 Å². The molecule has 10 heavy (non-hydrogen) atoms. The first-order chi connectivity index (χ1) is 4.59. The van der Waals surface area contributed by atoms with E-state index in [-0.39, 0.29) is 25.0 Å². The molecule has 0 fully saturated rings. The molecular weight excluding hydrogens is 130 g/mol. The highest BCUT2D eigenvalue weighted by Gasteiger charge is 2.09. The van der Waals surface area contributed by atoms with E-state index in [1.165, 1.54) is 0 Å². The van der Waals surface area contributed by atoms with Crippen molar-refractivity contribution in [1.29, 1.82) is 0 Å². The molecule has 0 aliphatic carbocycles. The summed E-state index contributed by atoms with van der Waals surface area (Å²) in [7, 11) is 1.74. The maximum absolute atomic E-state index is 11.0. The van der Waals surface area contributed by atoms with Crippen molar-refractivity contribution in [2.24, 2.45) is 0 Å². The molecule has 3 heteroatoms. The highest BCUT2D eigenvalue weighted by atomic mass is 16.3. The van der Waals surface area contributed by atoms with Crippen molar-refractivity contribution < 1.29 is 9.90 Å².